The Morgan fingerprint density at radius 2 is 2.18 bits per heavy atom. The van der Waals surface area contributed by atoms with Crippen LogP contribution in [-0.2, 0) is 11.2 Å². The number of carboxylic acids is 1. The molecule has 1 atom stereocenters. The number of aliphatic carboxylic acids is 1. The summed E-state index contributed by atoms with van der Waals surface area (Å²) in [5.41, 5.74) is 3.61. The van der Waals surface area contributed by atoms with Crippen molar-refractivity contribution in [1.29, 1.82) is 0 Å². The molecule has 0 radical (unpaired) electrons. The van der Waals surface area contributed by atoms with Crippen molar-refractivity contribution in [2.75, 3.05) is 6.61 Å². The highest BCUT2D eigenvalue weighted by Crippen LogP contribution is 2.37. The first kappa shape index (κ1) is 18.1. The van der Waals surface area contributed by atoms with E-state index < -0.39 is 5.97 Å². The van der Waals surface area contributed by atoms with Crippen molar-refractivity contribution in [3.8, 4) is 11.5 Å². The molecule has 6 nitrogen and oxygen atoms in total. The highest BCUT2D eigenvalue weighted by Gasteiger charge is 2.22. The highest BCUT2D eigenvalue weighted by molar-refractivity contribution is 5.92. The van der Waals surface area contributed by atoms with Gasteiger partial charge >= 0.3 is 5.97 Å². The Balaban J connectivity index is 1.82. The maximum Gasteiger partial charge on any atom is 0.308 e. The van der Waals surface area contributed by atoms with Gasteiger partial charge in [0.1, 0.15) is 23.1 Å². The first-order valence-electron chi connectivity index (χ1n) is 9.28. The van der Waals surface area contributed by atoms with E-state index in [0.717, 1.165) is 23.3 Å². The summed E-state index contributed by atoms with van der Waals surface area (Å²) in [4.78, 5) is 15.9. The predicted octanol–water partition coefficient (Wildman–Crippen LogP) is 4.57. The molecule has 144 valence electrons. The van der Waals surface area contributed by atoms with Gasteiger partial charge in [0, 0.05) is 23.1 Å². The van der Waals surface area contributed by atoms with E-state index in [-0.39, 0.29) is 12.5 Å². The molecule has 0 amide bonds. The summed E-state index contributed by atoms with van der Waals surface area (Å²) in [5.74, 6) is 0.825. The summed E-state index contributed by atoms with van der Waals surface area (Å²) in [5, 5.41) is 9.39. The third kappa shape index (κ3) is 3.58. The number of benzene rings is 2. The number of aromatic nitrogens is 1. The monoisotopic (exact) mass is 379 g/mol. The third-order valence-electron chi connectivity index (χ3n) is 4.57. The summed E-state index contributed by atoms with van der Waals surface area (Å²) in [6.45, 7) is 4.44. The molecular formula is C22H21NO5. The largest absolute Gasteiger partial charge is 0.493 e. The second-order valence-electron chi connectivity index (χ2n) is 6.79. The van der Waals surface area contributed by atoms with E-state index in [9.17, 15) is 9.90 Å². The second kappa shape index (κ2) is 7.38. The molecule has 0 saturated heterocycles. The van der Waals surface area contributed by atoms with Crippen molar-refractivity contribution >= 4 is 28.7 Å². The number of oxazole rings is 1. The molecule has 0 bridgehead atoms. The normalized spacial score (nSPS) is 16.1. The van der Waals surface area contributed by atoms with E-state index in [2.05, 4.69) is 4.98 Å². The summed E-state index contributed by atoms with van der Waals surface area (Å²) in [6, 6.07) is 11.2. The fourth-order valence-corrected chi connectivity index (χ4v) is 3.40. The van der Waals surface area contributed by atoms with E-state index in [0.29, 0.717) is 34.9 Å². The van der Waals surface area contributed by atoms with Crippen molar-refractivity contribution in [1.82, 2.24) is 4.98 Å². The van der Waals surface area contributed by atoms with Crippen molar-refractivity contribution in [3.63, 3.8) is 0 Å². The number of carboxylic acid groups (broad SMARTS) is 1. The lowest BCUT2D eigenvalue weighted by molar-refractivity contribution is -0.135. The number of carbonyl (C=O) groups is 1. The van der Waals surface area contributed by atoms with Gasteiger partial charge in [-0.1, -0.05) is 12.1 Å². The maximum absolute atomic E-state index is 11.5. The Bertz CT molecular complexity index is 1030. The molecule has 28 heavy (non-hydrogen) atoms. The molecular weight excluding hydrogens is 358 g/mol. The van der Waals surface area contributed by atoms with Crippen LogP contribution < -0.4 is 9.47 Å². The SMILES string of the molecule is CCOc1cc2c(cc1C=C(CC(=O)O)c1nc3ccccc3o1)OC(C)C2. The molecule has 2 heterocycles. The van der Waals surface area contributed by atoms with Gasteiger partial charge < -0.3 is 19.0 Å². The van der Waals surface area contributed by atoms with Gasteiger partial charge in [-0.15, -0.1) is 0 Å². The smallest absolute Gasteiger partial charge is 0.308 e. The van der Waals surface area contributed by atoms with Crippen LogP contribution in [0.2, 0.25) is 0 Å². The van der Waals surface area contributed by atoms with Crippen LogP contribution in [0.15, 0.2) is 40.8 Å². The minimum Gasteiger partial charge on any atom is -0.493 e. The molecule has 1 N–H and O–H groups in total. The Morgan fingerprint density at radius 1 is 1.36 bits per heavy atom. The second-order valence-corrected chi connectivity index (χ2v) is 6.79. The predicted molar refractivity (Wildman–Crippen MR) is 106 cm³/mol. The van der Waals surface area contributed by atoms with Crippen molar-refractivity contribution < 1.29 is 23.8 Å². The average molecular weight is 379 g/mol. The zero-order valence-electron chi connectivity index (χ0n) is 15.8. The molecule has 1 aliphatic heterocycles. The Kier molecular flexibility index (Phi) is 4.77. The van der Waals surface area contributed by atoms with Gasteiger partial charge in [-0.2, -0.15) is 0 Å². The molecule has 0 aliphatic carbocycles. The number of para-hydroxylation sites is 2. The van der Waals surface area contributed by atoms with Crippen LogP contribution in [0.5, 0.6) is 11.5 Å². The molecule has 0 spiro atoms. The van der Waals surface area contributed by atoms with Gasteiger partial charge in [-0.3, -0.25) is 4.79 Å². The molecule has 0 saturated carbocycles. The molecule has 1 aliphatic rings. The Labute approximate surface area is 162 Å². The lowest BCUT2D eigenvalue weighted by Crippen LogP contribution is -2.05. The van der Waals surface area contributed by atoms with Crippen LogP contribution in [0, 0.1) is 0 Å². The van der Waals surface area contributed by atoms with Gasteiger partial charge in [0.05, 0.1) is 13.0 Å². The number of fused-ring (bicyclic) bond motifs is 2. The summed E-state index contributed by atoms with van der Waals surface area (Å²) in [6.07, 6.45) is 2.48. The quantitative estimate of drug-likeness (QED) is 0.676. The number of hydrogen-bond acceptors (Lipinski definition) is 5. The average Bonchev–Trinajstić information content (AvgIpc) is 3.23. The zero-order valence-corrected chi connectivity index (χ0v) is 15.8. The first-order chi connectivity index (χ1) is 13.5. The first-order valence-corrected chi connectivity index (χ1v) is 9.28. The lowest BCUT2D eigenvalue weighted by Gasteiger charge is -2.11. The summed E-state index contributed by atoms with van der Waals surface area (Å²) < 4.78 is 17.5. The van der Waals surface area contributed by atoms with Gasteiger partial charge in [-0.25, -0.2) is 4.98 Å². The molecule has 1 unspecified atom stereocenters. The van der Waals surface area contributed by atoms with E-state index in [4.69, 9.17) is 13.9 Å². The topological polar surface area (TPSA) is 81.8 Å². The molecule has 6 heteroatoms. The Hall–Kier alpha value is -3.28. The number of rotatable bonds is 6. The van der Waals surface area contributed by atoms with Gasteiger partial charge in [-0.05, 0) is 44.2 Å². The lowest BCUT2D eigenvalue weighted by atomic mass is 10.0. The summed E-state index contributed by atoms with van der Waals surface area (Å²) in [7, 11) is 0. The number of ether oxygens (including phenoxy) is 2. The molecule has 0 fully saturated rings. The molecule has 2 aromatic carbocycles. The van der Waals surface area contributed by atoms with Crippen LogP contribution in [0.4, 0.5) is 0 Å². The highest BCUT2D eigenvalue weighted by atomic mass is 16.5. The van der Waals surface area contributed by atoms with Crippen LogP contribution in [-0.4, -0.2) is 28.8 Å². The van der Waals surface area contributed by atoms with Crippen LogP contribution in [0.25, 0.3) is 22.7 Å². The molecule has 4 rings (SSSR count). The fraction of sp³-hybridized carbons (Fsp3) is 0.273. The Morgan fingerprint density at radius 3 is 2.93 bits per heavy atom. The van der Waals surface area contributed by atoms with Crippen molar-refractivity contribution in [2.45, 2.75) is 32.8 Å². The van der Waals surface area contributed by atoms with Crippen LogP contribution in [0.3, 0.4) is 0 Å². The van der Waals surface area contributed by atoms with E-state index in [1.807, 2.05) is 44.2 Å². The van der Waals surface area contributed by atoms with Gasteiger partial charge in [0.2, 0.25) is 5.89 Å². The van der Waals surface area contributed by atoms with Crippen LogP contribution >= 0.6 is 0 Å². The van der Waals surface area contributed by atoms with Crippen molar-refractivity contribution in [2.24, 2.45) is 0 Å². The van der Waals surface area contributed by atoms with Crippen molar-refractivity contribution in [3.05, 3.63) is 53.4 Å². The maximum atomic E-state index is 11.5. The van der Waals surface area contributed by atoms with E-state index >= 15 is 0 Å². The molecule has 1 aromatic heterocycles. The minimum atomic E-state index is -0.961. The van der Waals surface area contributed by atoms with Crippen LogP contribution in [0.1, 0.15) is 37.3 Å². The number of nitrogens with zero attached hydrogens (tertiary/aromatic N) is 1. The zero-order chi connectivity index (χ0) is 19.7. The number of hydrogen-bond donors (Lipinski definition) is 1. The van der Waals surface area contributed by atoms with E-state index in [1.165, 1.54) is 0 Å². The molecule has 3 aromatic rings. The standard InChI is InChI=1S/C22H21NO5/c1-3-26-19-10-14-8-13(2)27-20(14)11-15(19)9-16(12-21(24)25)22-23-17-6-4-5-7-18(17)28-22/h4-7,9-11,13H,3,8,12H2,1-2H3,(H,24,25). The third-order valence-corrected chi connectivity index (χ3v) is 4.57. The summed E-state index contributed by atoms with van der Waals surface area (Å²) >= 11 is 0. The van der Waals surface area contributed by atoms with E-state index in [1.54, 1.807) is 12.1 Å². The van der Waals surface area contributed by atoms with Gasteiger partial charge in [0.15, 0.2) is 5.58 Å². The van der Waals surface area contributed by atoms with Gasteiger partial charge in [0.25, 0.3) is 0 Å². The minimum absolute atomic E-state index is 0.110. The fourth-order valence-electron chi connectivity index (χ4n) is 3.40.